The minimum absolute atomic E-state index is 0.0770. The Morgan fingerprint density at radius 1 is 0.773 bits per heavy atom. The van der Waals surface area contributed by atoms with E-state index in [2.05, 4.69) is 0 Å². The number of methoxy groups -OCH3 is 1. The van der Waals surface area contributed by atoms with Crippen LogP contribution in [0.3, 0.4) is 0 Å². The molecule has 0 saturated carbocycles. The van der Waals surface area contributed by atoms with E-state index in [1.165, 1.54) is 0 Å². The molecule has 0 aliphatic carbocycles. The average molecular weight is 314 g/mol. The first kappa shape index (κ1) is 21.1. The van der Waals surface area contributed by atoms with Gasteiger partial charge in [-0.3, -0.25) is 9.59 Å². The predicted octanol–water partition coefficient (Wildman–Crippen LogP) is 4.15. The molecule has 0 spiro atoms. The Morgan fingerprint density at radius 2 is 1.23 bits per heavy atom. The van der Waals surface area contributed by atoms with Gasteiger partial charge >= 0.3 is 5.97 Å². The van der Waals surface area contributed by atoms with Crippen molar-refractivity contribution in [1.82, 2.24) is 0 Å². The highest BCUT2D eigenvalue weighted by molar-refractivity contribution is 5.83. The van der Waals surface area contributed by atoms with E-state index in [9.17, 15) is 9.59 Å². The lowest BCUT2D eigenvalue weighted by Crippen LogP contribution is -2.43. The number of carbonyl (C=O) groups excluding carboxylic acids is 2. The van der Waals surface area contributed by atoms with Gasteiger partial charge in [0, 0.05) is 18.9 Å². The molecule has 0 fully saturated rings. The van der Waals surface area contributed by atoms with Gasteiger partial charge in [0.2, 0.25) is 0 Å². The second kappa shape index (κ2) is 6.69. The van der Waals surface area contributed by atoms with Crippen molar-refractivity contribution >= 4 is 11.8 Å². The first-order valence-electron chi connectivity index (χ1n) is 7.84. The van der Waals surface area contributed by atoms with Crippen molar-refractivity contribution in [1.29, 1.82) is 0 Å². The van der Waals surface area contributed by atoms with Crippen LogP contribution in [-0.4, -0.2) is 30.1 Å². The summed E-state index contributed by atoms with van der Waals surface area (Å²) in [6.45, 7) is 16.7. The summed E-state index contributed by atoms with van der Waals surface area (Å²) in [5.74, 6) is -0.202. The minimum atomic E-state index is -0.719. The fraction of sp³-hybridized carbons (Fsp3) is 0.889. The molecule has 22 heavy (non-hydrogen) atoms. The second-order valence-electron chi connectivity index (χ2n) is 8.79. The summed E-state index contributed by atoms with van der Waals surface area (Å²) < 4.78 is 11.2. The summed E-state index contributed by atoms with van der Waals surface area (Å²) in [6, 6.07) is 0. The van der Waals surface area contributed by atoms with E-state index in [4.69, 9.17) is 9.47 Å². The number of ketones is 1. The monoisotopic (exact) mass is 314 g/mol. The number of Topliss-reactive ketones (excluding diaryl/α,β-unsaturated/α-hetero) is 1. The third-order valence-electron chi connectivity index (χ3n) is 4.16. The summed E-state index contributed by atoms with van der Waals surface area (Å²) >= 11 is 0. The molecule has 0 atom stereocenters. The summed E-state index contributed by atoms with van der Waals surface area (Å²) in [7, 11) is 1.65. The van der Waals surface area contributed by atoms with Crippen LogP contribution >= 0.6 is 0 Å². The van der Waals surface area contributed by atoms with Gasteiger partial charge < -0.3 is 9.47 Å². The first-order valence-corrected chi connectivity index (χ1v) is 7.84. The molecule has 130 valence electrons. The molecule has 4 nitrogen and oxygen atoms in total. The molecule has 0 unspecified atom stereocenters. The summed E-state index contributed by atoms with van der Waals surface area (Å²) in [4.78, 5) is 24.3. The molecule has 0 saturated heterocycles. The largest absolute Gasteiger partial charge is 0.459 e. The van der Waals surface area contributed by atoms with Gasteiger partial charge in [-0.2, -0.15) is 0 Å². The molecular formula is C18H34O4. The third-order valence-corrected chi connectivity index (χ3v) is 4.16. The number of rotatable bonds is 8. The van der Waals surface area contributed by atoms with Crippen LogP contribution in [0.4, 0.5) is 0 Å². The Bertz CT molecular complexity index is 417. The predicted molar refractivity (Wildman–Crippen MR) is 88.7 cm³/mol. The van der Waals surface area contributed by atoms with E-state index in [-0.39, 0.29) is 17.4 Å². The van der Waals surface area contributed by atoms with E-state index in [0.29, 0.717) is 12.8 Å². The quantitative estimate of drug-likeness (QED) is 0.631. The van der Waals surface area contributed by atoms with Crippen molar-refractivity contribution in [3.63, 3.8) is 0 Å². The first-order chi connectivity index (χ1) is 9.55. The Morgan fingerprint density at radius 3 is 1.59 bits per heavy atom. The van der Waals surface area contributed by atoms with Gasteiger partial charge in [0.05, 0.1) is 11.0 Å². The van der Waals surface area contributed by atoms with E-state index in [0.717, 1.165) is 0 Å². The van der Waals surface area contributed by atoms with Gasteiger partial charge in [-0.1, -0.05) is 13.8 Å². The Kier molecular flexibility index (Phi) is 6.42. The fourth-order valence-corrected chi connectivity index (χ4v) is 2.82. The van der Waals surface area contributed by atoms with Crippen molar-refractivity contribution in [2.75, 3.05) is 7.11 Å². The fourth-order valence-electron chi connectivity index (χ4n) is 2.82. The van der Waals surface area contributed by atoms with Crippen LogP contribution in [0.15, 0.2) is 0 Å². The third kappa shape index (κ3) is 6.47. The number of ether oxygens (including phenoxy) is 2. The zero-order chi connectivity index (χ0) is 18.0. The van der Waals surface area contributed by atoms with Crippen molar-refractivity contribution < 1.29 is 19.1 Å². The summed E-state index contributed by atoms with van der Waals surface area (Å²) in [5.41, 5.74) is -2.26. The highest BCUT2D eigenvalue weighted by Crippen LogP contribution is 2.37. The normalized spacial score (nSPS) is 13.9. The maximum atomic E-state index is 12.6. The summed E-state index contributed by atoms with van der Waals surface area (Å²) in [6.07, 6.45) is 1.05. The van der Waals surface area contributed by atoms with Crippen molar-refractivity contribution in [2.45, 2.75) is 86.4 Å². The maximum Gasteiger partial charge on any atom is 0.312 e. The topological polar surface area (TPSA) is 52.6 Å². The smallest absolute Gasteiger partial charge is 0.312 e. The molecule has 0 aliphatic rings. The number of hydrogen-bond donors (Lipinski definition) is 0. The van der Waals surface area contributed by atoms with Gasteiger partial charge in [-0.05, 0) is 54.9 Å². The lowest BCUT2D eigenvalue weighted by Gasteiger charge is -2.37. The molecule has 0 aromatic carbocycles. The number of hydrogen-bond acceptors (Lipinski definition) is 4. The number of carbonyl (C=O) groups is 2. The average Bonchev–Trinajstić information content (AvgIpc) is 2.25. The van der Waals surface area contributed by atoms with E-state index >= 15 is 0 Å². The van der Waals surface area contributed by atoms with Crippen LogP contribution in [0.1, 0.15) is 75.2 Å². The van der Waals surface area contributed by atoms with Crippen LogP contribution in [0, 0.1) is 10.8 Å². The van der Waals surface area contributed by atoms with Gasteiger partial charge in [0.25, 0.3) is 0 Å². The van der Waals surface area contributed by atoms with Crippen LogP contribution in [0.2, 0.25) is 0 Å². The van der Waals surface area contributed by atoms with E-state index < -0.39 is 16.4 Å². The molecule has 0 rings (SSSR count). The van der Waals surface area contributed by atoms with Gasteiger partial charge in [0.15, 0.2) is 0 Å². The molecule has 0 aromatic rings. The Labute approximate surface area is 135 Å². The Hall–Kier alpha value is -0.900. The van der Waals surface area contributed by atoms with E-state index in [1.807, 2.05) is 55.4 Å². The maximum absolute atomic E-state index is 12.6. The molecular weight excluding hydrogens is 280 g/mol. The van der Waals surface area contributed by atoms with Gasteiger partial charge in [-0.25, -0.2) is 0 Å². The molecule has 0 aliphatic heterocycles. The summed E-state index contributed by atoms with van der Waals surface area (Å²) in [5, 5.41) is 0. The zero-order valence-electron chi connectivity index (χ0n) is 16.0. The van der Waals surface area contributed by atoms with E-state index in [1.54, 1.807) is 14.0 Å². The SMILES string of the molecule is COC(C)(C)CC(C)(C)OC(=O)C(C)(C)CC(C)(C)C(C)=O. The standard InChI is InChI=1S/C18H34O4/c1-13(19)15(2,3)11-16(4,5)14(20)22-18(8,9)12-17(6,7)21-10/h11-12H2,1-10H3. The van der Waals surface area contributed by atoms with Crippen LogP contribution in [0.25, 0.3) is 0 Å². The number of esters is 1. The van der Waals surface area contributed by atoms with Crippen molar-refractivity contribution in [3.8, 4) is 0 Å². The van der Waals surface area contributed by atoms with Gasteiger partial charge in [-0.15, -0.1) is 0 Å². The molecule has 0 amide bonds. The highest BCUT2D eigenvalue weighted by atomic mass is 16.6. The Balaban J connectivity index is 5.00. The lowest BCUT2D eigenvalue weighted by atomic mass is 9.73. The molecule has 0 radical (unpaired) electrons. The molecule has 0 heterocycles. The highest BCUT2D eigenvalue weighted by Gasteiger charge is 2.41. The van der Waals surface area contributed by atoms with Crippen molar-refractivity contribution in [2.24, 2.45) is 10.8 Å². The van der Waals surface area contributed by atoms with Crippen LogP contribution in [-0.2, 0) is 19.1 Å². The molecule has 0 N–H and O–H groups in total. The van der Waals surface area contributed by atoms with Crippen molar-refractivity contribution in [3.05, 3.63) is 0 Å². The van der Waals surface area contributed by atoms with Crippen LogP contribution < -0.4 is 0 Å². The molecule has 0 aromatic heterocycles. The molecule has 4 heteroatoms. The van der Waals surface area contributed by atoms with Gasteiger partial charge in [0.1, 0.15) is 11.4 Å². The molecule has 0 bridgehead atoms. The zero-order valence-corrected chi connectivity index (χ0v) is 16.0. The second-order valence-corrected chi connectivity index (χ2v) is 8.79. The van der Waals surface area contributed by atoms with Crippen LogP contribution in [0.5, 0.6) is 0 Å². The minimum Gasteiger partial charge on any atom is -0.459 e. The lowest BCUT2D eigenvalue weighted by molar-refractivity contribution is -0.174.